The molecule has 2 aliphatic rings. The van der Waals surface area contributed by atoms with E-state index in [0.717, 1.165) is 5.56 Å². The summed E-state index contributed by atoms with van der Waals surface area (Å²) in [7, 11) is 0. The molecule has 4 rings (SSSR count). The second-order valence-corrected chi connectivity index (χ2v) is 7.63. The van der Waals surface area contributed by atoms with Crippen LogP contribution in [-0.2, 0) is 16.1 Å². The molecule has 1 aromatic carbocycles. The number of hydrogen-bond donors (Lipinski definition) is 2. The summed E-state index contributed by atoms with van der Waals surface area (Å²) in [6.45, 7) is 1.98. The number of fused-ring (bicyclic) bond motifs is 1. The molecular weight excluding hydrogens is 388 g/mol. The van der Waals surface area contributed by atoms with Crippen molar-refractivity contribution in [2.75, 3.05) is 0 Å². The Morgan fingerprint density at radius 3 is 2.57 bits per heavy atom. The van der Waals surface area contributed by atoms with Crippen molar-refractivity contribution in [1.29, 1.82) is 0 Å². The molecule has 1 aromatic heterocycles. The zero-order valence-electron chi connectivity index (χ0n) is 16.2. The number of aliphatic carboxylic acids is 1. The number of rotatable bonds is 6. The van der Waals surface area contributed by atoms with Gasteiger partial charge in [0.25, 0.3) is 0 Å². The highest BCUT2D eigenvalue weighted by Crippen LogP contribution is 2.46. The summed E-state index contributed by atoms with van der Waals surface area (Å²) in [5.74, 6) is -3.41. The Hall–Kier alpha value is -3.52. The van der Waals surface area contributed by atoms with Crippen LogP contribution >= 0.6 is 0 Å². The highest BCUT2D eigenvalue weighted by atomic mass is 16.4. The molecule has 1 saturated heterocycles. The number of carbonyl (C=O) groups is 3. The molecule has 8 heteroatoms. The van der Waals surface area contributed by atoms with E-state index < -0.39 is 29.9 Å². The third-order valence-corrected chi connectivity index (χ3v) is 5.69. The molecule has 8 nitrogen and oxygen atoms in total. The van der Waals surface area contributed by atoms with Gasteiger partial charge >= 0.3 is 5.97 Å². The van der Waals surface area contributed by atoms with Crippen LogP contribution in [0.4, 0.5) is 0 Å². The highest BCUT2D eigenvalue weighted by molar-refractivity contribution is 6.05. The number of carbonyl (C=O) groups excluding carboxylic acids is 2. The number of aromatic nitrogens is 1. The van der Waals surface area contributed by atoms with Crippen LogP contribution in [0.25, 0.3) is 5.57 Å². The average molecular weight is 408 g/mol. The summed E-state index contributed by atoms with van der Waals surface area (Å²) < 4.78 is 1.75. The lowest BCUT2D eigenvalue weighted by Gasteiger charge is -2.45. The maximum atomic E-state index is 12.3. The monoisotopic (exact) mass is 408 g/mol. The van der Waals surface area contributed by atoms with E-state index in [4.69, 9.17) is 5.11 Å². The fraction of sp³-hybridized carbons (Fsp3) is 0.273. The Bertz CT molecular complexity index is 1070. The van der Waals surface area contributed by atoms with Gasteiger partial charge in [0.05, 0.1) is 29.7 Å². The van der Waals surface area contributed by atoms with Gasteiger partial charge in [0.2, 0.25) is 5.91 Å². The predicted octanol–water partition coefficient (Wildman–Crippen LogP) is -0.207. The maximum absolute atomic E-state index is 12.3. The number of β-lactam (4-membered cyclic amide) rings is 1. The number of aliphatic hydroxyl groups excluding tert-OH is 1. The average Bonchev–Trinajstić information content (AvgIpc) is 3.04. The van der Waals surface area contributed by atoms with Crippen molar-refractivity contribution in [2.24, 2.45) is 5.92 Å². The van der Waals surface area contributed by atoms with E-state index in [1.807, 2.05) is 12.1 Å². The molecule has 30 heavy (non-hydrogen) atoms. The van der Waals surface area contributed by atoms with Gasteiger partial charge in [-0.15, -0.1) is 0 Å². The molecule has 3 heterocycles. The van der Waals surface area contributed by atoms with Crippen LogP contribution in [0.3, 0.4) is 0 Å². The smallest absolute Gasteiger partial charge is 0.341 e. The first-order valence-electron chi connectivity index (χ1n) is 9.55. The number of nitrogens with zero attached hydrogens (tertiary/aromatic N) is 2. The lowest BCUT2D eigenvalue weighted by molar-refractivity contribution is -0.688. The van der Waals surface area contributed by atoms with Gasteiger partial charge in [-0.1, -0.05) is 24.3 Å². The van der Waals surface area contributed by atoms with E-state index in [2.05, 4.69) is 0 Å². The van der Waals surface area contributed by atoms with Crippen LogP contribution in [-0.4, -0.2) is 45.1 Å². The topological polar surface area (TPSA) is 122 Å². The molecule has 2 aromatic rings. The highest BCUT2D eigenvalue weighted by Gasteiger charge is 2.55. The molecule has 3 atom stereocenters. The van der Waals surface area contributed by atoms with Crippen molar-refractivity contribution < 1.29 is 34.3 Å². The molecular formula is C22H20N2O6. The van der Waals surface area contributed by atoms with Crippen LogP contribution in [0.2, 0.25) is 0 Å². The third-order valence-electron chi connectivity index (χ3n) is 5.69. The van der Waals surface area contributed by atoms with Crippen LogP contribution in [0.1, 0.15) is 34.8 Å². The minimum atomic E-state index is -1.41. The Morgan fingerprint density at radius 2 is 1.97 bits per heavy atom. The lowest BCUT2D eigenvalue weighted by Crippen LogP contribution is -2.62. The fourth-order valence-electron chi connectivity index (χ4n) is 4.29. The van der Waals surface area contributed by atoms with Crippen molar-refractivity contribution in [3.8, 4) is 0 Å². The Kier molecular flexibility index (Phi) is 4.87. The molecule has 0 unspecified atom stereocenters. The number of carboxylic acids is 2. The third kappa shape index (κ3) is 3.25. The normalized spacial score (nSPS) is 21.3. The van der Waals surface area contributed by atoms with Crippen LogP contribution in [0.5, 0.6) is 0 Å². The maximum Gasteiger partial charge on any atom is 0.341 e. The summed E-state index contributed by atoms with van der Waals surface area (Å²) in [6.07, 6.45) is 2.80. The summed E-state index contributed by atoms with van der Waals surface area (Å²) in [4.78, 5) is 36.4. The molecule has 0 radical (unpaired) electrons. The van der Waals surface area contributed by atoms with Gasteiger partial charge in [0.15, 0.2) is 18.9 Å². The van der Waals surface area contributed by atoms with Crippen molar-refractivity contribution in [2.45, 2.75) is 32.0 Å². The number of hydrogen-bond acceptors (Lipinski definition) is 5. The minimum absolute atomic E-state index is 0.127. The summed E-state index contributed by atoms with van der Waals surface area (Å²) in [5.41, 5.74) is 2.15. The molecule has 0 aliphatic carbocycles. The van der Waals surface area contributed by atoms with Gasteiger partial charge in [0.1, 0.15) is 5.56 Å². The SMILES string of the molecule is C[C@@H](O)[C@H]1C(=O)N2C(C(=O)[O-])=C(c3ccc(C[n+]4cccc(C(=O)O)c4)cc3)C[C@H]12. The van der Waals surface area contributed by atoms with Gasteiger partial charge in [-0.05, 0) is 30.5 Å². The standard InChI is InChI=1S/C22H20N2O6/c1-12(25)18-17-9-16(19(22(29)30)24(17)20(18)26)14-6-4-13(5-7-14)10-23-8-2-3-15(11-23)21(27)28/h2-8,11-12,17-18,25H,9-10H2,1H3,(H-,27,28,29,30)/t12-,17-,18-/m1/s1. The van der Waals surface area contributed by atoms with Gasteiger partial charge < -0.3 is 25.0 Å². The quantitative estimate of drug-likeness (QED) is 0.504. The van der Waals surface area contributed by atoms with Crippen molar-refractivity contribution in [1.82, 2.24) is 4.90 Å². The number of aliphatic hydroxyl groups is 1. The molecule has 1 fully saturated rings. The second-order valence-electron chi connectivity index (χ2n) is 7.63. The number of pyridine rings is 1. The van der Waals surface area contributed by atoms with E-state index in [-0.39, 0.29) is 17.3 Å². The van der Waals surface area contributed by atoms with Crippen LogP contribution < -0.4 is 9.67 Å². The molecule has 0 bridgehead atoms. The zero-order chi connectivity index (χ0) is 21.6. The van der Waals surface area contributed by atoms with E-state index in [0.29, 0.717) is 24.1 Å². The number of amides is 1. The molecule has 154 valence electrons. The van der Waals surface area contributed by atoms with E-state index in [9.17, 15) is 24.6 Å². The zero-order valence-corrected chi connectivity index (χ0v) is 16.2. The van der Waals surface area contributed by atoms with Crippen molar-refractivity contribution in [3.63, 3.8) is 0 Å². The van der Waals surface area contributed by atoms with E-state index in [1.165, 1.54) is 24.1 Å². The summed E-state index contributed by atoms with van der Waals surface area (Å²) in [5, 5.41) is 30.7. The van der Waals surface area contributed by atoms with Crippen LogP contribution in [0.15, 0.2) is 54.5 Å². The Labute approximate surface area is 172 Å². The Morgan fingerprint density at radius 1 is 1.27 bits per heavy atom. The summed E-state index contributed by atoms with van der Waals surface area (Å²) in [6, 6.07) is 10.0. The van der Waals surface area contributed by atoms with Gasteiger partial charge in [-0.25, -0.2) is 4.79 Å². The van der Waals surface area contributed by atoms with Gasteiger partial charge in [-0.3, -0.25) is 4.79 Å². The van der Waals surface area contributed by atoms with Crippen molar-refractivity contribution in [3.05, 3.63) is 71.2 Å². The minimum Gasteiger partial charge on any atom is -0.543 e. The molecule has 1 amide bonds. The lowest BCUT2D eigenvalue weighted by atomic mass is 9.82. The van der Waals surface area contributed by atoms with Crippen LogP contribution in [0, 0.1) is 5.92 Å². The van der Waals surface area contributed by atoms with E-state index >= 15 is 0 Å². The predicted molar refractivity (Wildman–Crippen MR) is 101 cm³/mol. The fourth-order valence-corrected chi connectivity index (χ4v) is 4.29. The number of benzene rings is 1. The first-order chi connectivity index (χ1) is 14.3. The summed E-state index contributed by atoms with van der Waals surface area (Å²) >= 11 is 0. The van der Waals surface area contributed by atoms with E-state index in [1.54, 1.807) is 29.0 Å². The molecule has 2 N–H and O–H groups in total. The first kappa shape index (κ1) is 19.8. The van der Waals surface area contributed by atoms with Crippen molar-refractivity contribution >= 4 is 23.4 Å². The molecule has 2 aliphatic heterocycles. The number of carboxylic acid groups (broad SMARTS) is 2. The number of aromatic carboxylic acids is 1. The Balaban J connectivity index is 1.58. The second kappa shape index (κ2) is 7.38. The molecule has 0 saturated carbocycles. The molecule has 0 spiro atoms. The first-order valence-corrected chi connectivity index (χ1v) is 9.55. The largest absolute Gasteiger partial charge is 0.543 e. The van der Waals surface area contributed by atoms with Gasteiger partial charge in [-0.2, -0.15) is 4.57 Å². The van der Waals surface area contributed by atoms with Gasteiger partial charge in [0, 0.05) is 11.6 Å².